The van der Waals surface area contributed by atoms with Crippen molar-refractivity contribution in [3.63, 3.8) is 0 Å². The molecule has 0 bridgehead atoms. The third-order valence-corrected chi connectivity index (χ3v) is 2.66. The summed E-state index contributed by atoms with van der Waals surface area (Å²) in [4.78, 5) is 15.6. The molecule has 0 aromatic carbocycles. The average Bonchev–Trinajstić information content (AvgIpc) is 2.28. The van der Waals surface area contributed by atoms with E-state index in [4.69, 9.17) is 17.3 Å². The Bertz CT molecular complexity index is 381. The van der Waals surface area contributed by atoms with Gasteiger partial charge in [0.15, 0.2) is 0 Å². The van der Waals surface area contributed by atoms with Crippen molar-refractivity contribution in [2.45, 2.75) is 20.3 Å². The molecule has 1 unspecified atom stereocenters. The highest BCUT2D eigenvalue weighted by Gasteiger charge is 2.11. The second-order valence-corrected chi connectivity index (χ2v) is 4.20. The van der Waals surface area contributed by atoms with Crippen LogP contribution in [0.4, 0.5) is 5.69 Å². The van der Waals surface area contributed by atoms with Gasteiger partial charge in [-0.15, -0.1) is 0 Å². The lowest BCUT2D eigenvalue weighted by Gasteiger charge is -2.11. The lowest BCUT2D eigenvalue weighted by atomic mass is 10.1. The van der Waals surface area contributed by atoms with Crippen LogP contribution in [0.25, 0.3) is 0 Å². The zero-order chi connectivity index (χ0) is 12.1. The molecule has 1 amide bonds. The van der Waals surface area contributed by atoms with Gasteiger partial charge in [-0.1, -0.05) is 31.9 Å². The second kappa shape index (κ2) is 5.70. The van der Waals surface area contributed by atoms with E-state index in [9.17, 15) is 4.79 Å². The first-order chi connectivity index (χ1) is 7.54. The number of nitrogens with one attached hydrogen (secondary N) is 1. The number of nitrogens with zero attached hydrogens (tertiary/aromatic N) is 1. The predicted octanol–water partition coefficient (Wildman–Crippen LogP) is 2.09. The molecule has 0 aliphatic rings. The zero-order valence-electron chi connectivity index (χ0n) is 9.46. The van der Waals surface area contributed by atoms with Gasteiger partial charge in [0.2, 0.25) is 0 Å². The SMILES string of the molecule is CCC(C)CNC(=O)c1cc(Cl)ncc1N. The van der Waals surface area contributed by atoms with Crippen LogP contribution in [0.2, 0.25) is 5.15 Å². The van der Waals surface area contributed by atoms with E-state index in [1.807, 2.05) is 0 Å². The monoisotopic (exact) mass is 241 g/mol. The van der Waals surface area contributed by atoms with E-state index in [1.54, 1.807) is 0 Å². The van der Waals surface area contributed by atoms with E-state index in [-0.39, 0.29) is 11.1 Å². The topological polar surface area (TPSA) is 68.0 Å². The smallest absolute Gasteiger partial charge is 0.253 e. The van der Waals surface area contributed by atoms with Crippen LogP contribution in [0.3, 0.4) is 0 Å². The number of anilines is 1. The minimum absolute atomic E-state index is 0.206. The standard InChI is InChI=1S/C11H16ClN3O/c1-3-7(2)5-15-11(16)8-4-10(12)14-6-9(8)13/h4,6-7H,3,5,13H2,1-2H3,(H,15,16). The number of aromatic nitrogens is 1. The van der Waals surface area contributed by atoms with Crippen molar-refractivity contribution in [3.05, 3.63) is 23.0 Å². The molecule has 1 aromatic rings. The summed E-state index contributed by atoms with van der Waals surface area (Å²) >= 11 is 5.70. The summed E-state index contributed by atoms with van der Waals surface area (Å²) in [5.74, 6) is 0.240. The Balaban J connectivity index is 2.69. The maximum absolute atomic E-state index is 11.8. The van der Waals surface area contributed by atoms with Crippen molar-refractivity contribution in [3.8, 4) is 0 Å². The molecule has 4 nitrogen and oxygen atoms in total. The van der Waals surface area contributed by atoms with E-state index < -0.39 is 0 Å². The van der Waals surface area contributed by atoms with Crippen LogP contribution >= 0.6 is 11.6 Å². The first-order valence-corrected chi connectivity index (χ1v) is 5.61. The first-order valence-electron chi connectivity index (χ1n) is 5.23. The summed E-state index contributed by atoms with van der Waals surface area (Å²) in [7, 11) is 0. The van der Waals surface area contributed by atoms with Gasteiger partial charge >= 0.3 is 0 Å². The molecule has 1 heterocycles. The van der Waals surface area contributed by atoms with Gasteiger partial charge in [0.05, 0.1) is 17.4 Å². The number of halogens is 1. The van der Waals surface area contributed by atoms with Gasteiger partial charge in [0, 0.05) is 6.54 Å². The van der Waals surface area contributed by atoms with Crippen molar-refractivity contribution >= 4 is 23.2 Å². The van der Waals surface area contributed by atoms with Gasteiger partial charge in [0.1, 0.15) is 5.15 Å². The quantitative estimate of drug-likeness (QED) is 0.794. The normalized spacial score (nSPS) is 12.2. The molecule has 0 aliphatic heterocycles. The molecule has 16 heavy (non-hydrogen) atoms. The minimum atomic E-state index is -0.206. The Labute approximate surface area is 100 Å². The van der Waals surface area contributed by atoms with E-state index in [0.717, 1.165) is 6.42 Å². The molecule has 0 aliphatic carbocycles. The van der Waals surface area contributed by atoms with Crippen LogP contribution in [-0.4, -0.2) is 17.4 Å². The van der Waals surface area contributed by atoms with Crippen LogP contribution in [0.15, 0.2) is 12.3 Å². The number of carbonyl (C=O) groups is 1. The number of hydrogen-bond acceptors (Lipinski definition) is 3. The van der Waals surface area contributed by atoms with Gasteiger partial charge in [-0.05, 0) is 12.0 Å². The van der Waals surface area contributed by atoms with Gasteiger partial charge in [-0.2, -0.15) is 0 Å². The highest BCUT2D eigenvalue weighted by molar-refractivity contribution is 6.29. The molecule has 88 valence electrons. The van der Waals surface area contributed by atoms with Crippen molar-refractivity contribution in [1.29, 1.82) is 0 Å². The lowest BCUT2D eigenvalue weighted by Crippen LogP contribution is -2.28. The van der Waals surface area contributed by atoms with Crippen LogP contribution in [0, 0.1) is 5.92 Å². The second-order valence-electron chi connectivity index (χ2n) is 3.82. The number of amides is 1. The molecule has 1 atom stereocenters. The number of pyridine rings is 1. The van der Waals surface area contributed by atoms with Gasteiger partial charge in [-0.3, -0.25) is 4.79 Å². The van der Waals surface area contributed by atoms with Crippen molar-refractivity contribution in [2.24, 2.45) is 5.92 Å². The molecule has 0 fully saturated rings. The van der Waals surface area contributed by atoms with Gasteiger partial charge in [0.25, 0.3) is 5.91 Å². The third-order valence-electron chi connectivity index (χ3n) is 2.45. The fraction of sp³-hybridized carbons (Fsp3) is 0.455. The Morgan fingerprint density at radius 2 is 2.38 bits per heavy atom. The summed E-state index contributed by atoms with van der Waals surface area (Å²) in [6.45, 7) is 4.78. The summed E-state index contributed by atoms with van der Waals surface area (Å²) in [5.41, 5.74) is 6.36. The minimum Gasteiger partial charge on any atom is -0.397 e. The maximum atomic E-state index is 11.8. The third kappa shape index (κ3) is 3.38. The lowest BCUT2D eigenvalue weighted by molar-refractivity contribution is 0.0948. The zero-order valence-corrected chi connectivity index (χ0v) is 10.2. The maximum Gasteiger partial charge on any atom is 0.253 e. The molecule has 0 saturated heterocycles. The molecule has 3 N–H and O–H groups in total. The summed E-state index contributed by atoms with van der Waals surface area (Å²) < 4.78 is 0. The van der Waals surface area contributed by atoms with Crippen molar-refractivity contribution in [1.82, 2.24) is 10.3 Å². The summed E-state index contributed by atoms with van der Waals surface area (Å²) in [6.07, 6.45) is 2.41. The van der Waals surface area contributed by atoms with Crippen LogP contribution in [-0.2, 0) is 0 Å². The molecule has 0 spiro atoms. The van der Waals surface area contributed by atoms with Crippen LogP contribution in [0.1, 0.15) is 30.6 Å². The molecule has 0 radical (unpaired) electrons. The van der Waals surface area contributed by atoms with Crippen LogP contribution in [0.5, 0.6) is 0 Å². The number of nitrogen functional groups attached to an aromatic ring is 1. The van der Waals surface area contributed by atoms with E-state index >= 15 is 0 Å². The fourth-order valence-corrected chi connectivity index (χ4v) is 1.30. The fourth-order valence-electron chi connectivity index (χ4n) is 1.14. The first kappa shape index (κ1) is 12.8. The largest absolute Gasteiger partial charge is 0.397 e. The Kier molecular flexibility index (Phi) is 4.55. The number of rotatable bonds is 4. The van der Waals surface area contributed by atoms with E-state index in [2.05, 4.69) is 24.1 Å². The summed E-state index contributed by atoms with van der Waals surface area (Å²) in [5, 5.41) is 3.08. The molecule has 1 rings (SSSR count). The highest BCUT2D eigenvalue weighted by Crippen LogP contribution is 2.14. The molecule has 0 saturated carbocycles. The molecule has 5 heteroatoms. The number of carbonyl (C=O) groups excluding carboxylic acids is 1. The van der Waals surface area contributed by atoms with Crippen molar-refractivity contribution < 1.29 is 4.79 Å². The Morgan fingerprint density at radius 1 is 1.69 bits per heavy atom. The molecule has 1 aromatic heterocycles. The predicted molar refractivity (Wildman–Crippen MR) is 65.4 cm³/mol. The van der Waals surface area contributed by atoms with E-state index in [0.29, 0.717) is 23.7 Å². The summed E-state index contributed by atoms with van der Waals surface area (Å²) in [6, 6.07) is 1.48. The number of nitrogens with two attached hydrogens (primary N) is 1. The van der Waals surface area contributed by atoms with Crippen LogP contribution < -0.4 is 11.1 Å². The molecular weight excluding hydrogens is 226 g/mol. The Hall–Kier alpha value is -1.29. The Morgan fingerprint density at radius 3 is 3.00 bits per heavy atom. The molecular formula is C11H16ClN3O. The number of hydrogen-bond donors (Lipinski definition) is 2. The van der Waals surface area contributed by atoms with Gasteiger partial charge < -0.3 is 11.1 Å². The van der Waals surface area contributed by atoms with Gasteiger partial charge in [-0.25, -0.2) is 4.98 Å². The highest BCUT2D eigenvalue weighted by atomic mass is 35.5. The average molecular weight is 242 g/mol. The van der Waals surface area contributed by atoms with E-state index in [1.165, 1.54) is 12.3 Å². The van der Waals surface area contributed by atoms with Crippen molar-refractivity contribution in [2.75, 3.05) is 12.3 Å².